The summed E-state index contributed by atoms with van der Waals surface area (Å²) in [4.78, 5) is 23.2. The van der Waals surface area contributed by atoms with Crippen molar-refractivity contribution in [2.75, 3.05) is 0 Å². The van der Waals surface area contributed by atoms with Gasteiger partial charge in [0.05, 0.1) is 5.60 Å². The minimum absolute atomic E-state index is 0.138. The van der Waals surface area contributed by atoms with Crippen molar-refractivity contribution in [2.45, 2.75) is 66.6 Å². The molecule has 1 aromatic carbocycles. The molecule has 0 saturated carbocycles. The molecule has 0 amide bonds. The lowest BCUT2D eigenvalue weighted by molar-refractivity contribution is -0.401. The summed E-state index contributed by atoms with van der Waals surface area (Å²) in [5.41, 5.74) is 0.384. The van der Waals surface area contributed by atoms with Crippen molar-refractivity contribution in [1.29, 1.82) is 0 Å². The Bertz CT molecular complexity index is 485. The average Bonchev–Trinajstić information content (AvgIpc) is 2.34. The van der Waals surface area contributed by atoms with Crippen LogP contribution >= 0.6 is 0 Å². The molecule has 118 valence electrons. The van der Waals surface area contributed by atoms with Gasteiger partial charge in [-0.15, -0.1) is 0 Å². The fourth-order valence-corrected chi connectivity index (χ4v) is 1.73. The molecule has 0 bridgehead atoms. The van der Waals surface area contributed by atoms with Gasteiger partial charge in [0.2, 0.25) is 0 Å². The highest BCUT2D eigenvalue weighted by Crippen LogP contribution is 2.28. The summed E-state index contributed by atoms with van der Waals surface area (Å²) in [6, 6.07) is 7.55. The van der Waals surface area contributed by atoms with E-state index in [0.29, 0.717) is 0 Å². The van der Waals surface area contributed by atoms with Crippen LogP contribution in [0.15, 0.2) is 24.3 Å². The third-order valence-electron chi connectivity index (χ3n) is 3.02. The summed E-state index contributed by atoms with van der Waals surface area (Å²) >= 11 is 0. The third-order valence-corrected chi connectivity index (χ3v) is 3.02. The molecule has 21 heavy (non-hydrogen) atoms. The predicted octanol–water partition coefficient (Wildman–Crippen LogP) is 4.90. The molecule has 3 heteroatoms. The minimum atomic E-state index is -0.573. The second-order valence-corrected chi connectivity index (χ2v) is 7.95. The molecule has 0 N–H and O–H groups in total. The molecule has 0 spiro atoms. The second kappa shape index (κ2) is 5.90. The van der Waals surface area contributed by atoms with Crippen LogP contribution in [-0.4, -0.2) is 11.4 Å². The highest BCUT2D eigenvalue weighted by molar-refractivity contribution is 5.99. The Hall–Kier alpha value is -1.19. The fraction of sp³-hybridized carbons (Fsp3) is 0.611. The molecule has 0 saturated heterocycles. The van der Waals surface area contributed by atoms with Crippen LogP contribution in [0.2, 0.25) is 0 Å². The van der Waals surface area contributed by atoms with Crippen LogP contribution in [0, 0.1) is 5.41 Å². The Balaban J connectivity index is 2.89. The van der Waals surface area contributed by atoms with Crippen LogP contribution in [0.5, 0.6) is 0 Å². The Morgan fingerprint density at radius 2 is 1.29 bits per heavy atom. The first-order chi connectivity index (χ1) is 9.33. The van der Waals surface area contributed by atoms with Gasteiger partial charge in [0, 0.05) is 11.0 Å². The van der Waals surface area contributed by atoms with Crippen molar-refractivity contribution in [3.63, 3.8) is 0 Å². The highest BCUT2D eigenvalue weighted by atomic mass is 17.2. The fourth-order valence-electron chi connectivity index (χ4n) is 1.73. The topological polar surface area (TPSA) is 35.5 Å². The zero-order valence-corrected chi connectivity index (χ0v) is 14.5. The lowest BCUT2D eigenvalue weighted by Gasteiger charge is -2.29. The van der Waals surface area contributed by atoms with Crippen molar-refractivity contribution in [2.24, 2.45) is 5.41 Å². The highest BCUT2D eigenvalue weighted by Gasteiger charge is 2.27. The molecular formula is C18H28O3. The summed E-state index contributed by atoms with van der Waals surface area (Å²) in [5.74, 6) is 0.138. The molecule has 1 rings (SSSR count). The van der Waals surface area contributed by atoms with E-state index in [2.05, 4.69) is 0 Å². The maximum atomic E-state index is 12.2. The molecule has 3 nitrogen and oxygen atoms in total. The molecule has 0 fully saturated rings. The van der Waals surface area contributed by atoms with Crippen LogP contribution in [0.3, 0.4) is 0 Å². The van der Waals surface area contributed by atoms with E-state index in [4.69, 9.17) is 9.78 Å². The maximum absolute atomic E-state index is 12.2. The van der Waals surface area contributed by atoms with Gasteiger partial charge in [0.1, 0.15) is 5.60 Å². The van der Waals surface area contributed by atoms with E-state index < -0.39 is 5.60 Å². The van der Waals surface area contributed by atoms with Crippen LogP contribution < -0.4 is 0 Å². The first-order valence-corrected chi connectivity index (χ1v) is 7.35. The lowest BCUT2D eigenvalue weighted by Crippen LogP contribution is -2.29. The van der Waals surface area contributed by atoms with E-state index in [1.54, 1.807) is 0 Å². The van der Waals surface area contributed by atoms with Crippen LogP contribution in [0.1, 0.15) is 71.3 Å². The zero-order chi connectivity index (χ0) is 16.5. The predicted molar refractivity (Wildman–Crippen MR) is 85.2 cm³/mol. The van der Waals surface area contributed by atoms with Gasteiger partial charge in [-0.2, -0.15) is 0 Å². The average molecular weight is 292 g/mol. The molecule has 0 atom stereocenters. The molecule has 0 aliphatic heterocycles. The number of carbonyl (C=O) groups is 1. The minimum Gasteiger partial charge on any atom is -0.294 e. The SMILES string of the molecule is CC(C)(C)OOC(C)(C)c1ccc(C(=O)C(C)(C)C)cc1. The van der Waals surface area contributed by atoms with E-state index in [0.717, 1.165) is 11.1 Å². The van der Waals surface area contributed by atoms with Gasteiger partial charge in [0.25, 0.3) is 0 Å². The summed E-state index contributed by atoms with van der Waals surface area (Å²) < 4.78 is 0. The van der Waals surface area contributed by atoms with E-state index in [9.17, 15) is 4.79 Å². The van der Waals surface area contributed by atoms with Crippen molar-refractivity contribution < 1.29 is 14.6 Å². The van der Waals surface area contributed by atoms with Crippen molar-refractivity contribution >= 4 is 5.78 Å². The number of carbonyl (C=O) groups excluding carboxylic acids is 1. The standard InChI is InChI=1S/C18H28O3/c1-16(2,3)15(19)13-9-11-14(12-10-13)18(7,8)21-20-17(4,5)6/h9-12H,1-8H3. The lowest BCUT2D eigenvalue weighted by atomic mass is 9.85. The maximum Gasteiger partial charge on any atom is 0.168 e. The summed E-state index contributed by atoms with van der Waals surface area (Å²) in [6.07, 6.45) is 0. The summed E-state index contributed by atoms with van der Waals surface area (Å²) in [7, 11) is 0. The van der Waals surface area contributed by atoms with Crippen molar-refractivity contribution in [1.82, 2.24) is 0 Å². The van der Waals surface area contributed by atoms with Crippen LogP contribution in [0.4, 0.5) is 0 Å². The molecule has 0 aliphatic carbocycles. The van der Waals surface area contributed by atoms with Gasteiger partial charge in [0.15, 0.2) is 5.78 Å². The van der Waals surface area contributed by atoms with E-state index in [1.165, 1.54) is 0 Å². The van der Waals surface area contributed by atoms with Gasteiger partial charge < -0.3 is 0 Å². The molecule has 0 radical (unpaired) electrons. The van der Waals surface area contributed by atoms with Gasteiger partial charge >= 0.3 is 0 Å². The first kappa shape index (κ1) is 17.9. The quantitative estimate of drug-likeness (QED) is 0.450. The molecule has 0 aromatic heterocycles. The molecule has 0 unspecified atom stereocenters. The summed E-state index contributed by atoms with van der Waals surface area (Å²) in [5, 5.41) is 0. The molecular weight excluding hydrogens is 264 g/mol. The van der Waals surface area contributed by atoms with E-state index in [1.807, 2.05) is 79.7 Å². The number of Topliss-reactive ketones (excluding diaryl/α,β-unsaturated/α-hetero) is 1. The first-order valence-electron chi connectivity index (χ1n) is 7.35. The van der Waals surface area contributed by atoms with Crippen LogP contribution in [-0.2, 0) is 15.4 Å². The number of hydrogen-bond donors (Lipinski definition) is 0. The normalized spacial score (nSPS) is 13.3. The largest absolute Gasteiger partial charge is 0.294 e. The van der Waals surface area contributed by atoms with Crippen molar-refractivity contribution in [3.8, 4) is 0 Å². The van der Waals surface area contributed by atoms with Crippen molar-refractivity contribution in [3.05, 3.63) is 35.4 Å². The molecule has 0 aliphatic rings. The zero-order valence-electron chi connectivity index (χ0n) is 14.5. The molecule has 1 aromatic rings. The molecule has 0 heterocycles. The van der Waals surface area contributed by atoms with E-state index in [-0.39, 0.29) is 16.8 Å². The third kappa shape index (κ3) is 5.25. The summed E-state index contributed by atoms with van der Waals surface area (Å²) in [6.45, 7) is 15.5. The van der Waals surface area contributed by atoms with Gasteiger partial charge in [-0.05, 0) is 40.2 Å². The van der Waals surface area contributed by atoms with Crippen LogP contribution in [0.25, 0.3) is 0 Å². The van der Waals surface area contributed by atoms with Gasteiger partial charge in [-0.25, -0.2) is 9.78 Å². The second-order valence-electron chi connectivity index (χ2n) is 7.95. The Labute approximate surface area is 128 Å². The van der Waals surface area contributed by atoms with E-state index >= 15 is 0 Å². The van der Waals surface area contributed by atoms with Gasteiger partial charge in [-0.3, -0.25) is 4.79 Å². The number of hydrogen-bond acceptors (Lipinski definition) is 3. The Kier molecular flexibility index (Phi) is 5.01. The number of ketones is 1. The monoisotopic (exact) mass is 292 g/mol. The smallest absolute Gasteiger partial charge is 0.168 e. The number of benzene rings is 1. The Morgan fingerprint density at radius 1 is 0.810 bits per heavy atom. The number of rotatable bonds is 4. The van der Waals surface area contributed by atoms with Gasteiger partial charge in [-0.1, -0.05) is 45.0 Å². The Morgan fingerprint density at radius 3 is 1.67 bits per heavy atom.